The Morgan fingerprint density at radius 1 is 1.25 bits per heavy atom. The Kier molecular flexibility index (Phi) is 4.05. The highest BCUT2D eigenvalue weighted by Crippen LogP contribution is 2.29. The van der Waals surface area contributed by atoms with Crippen LogP contribution in [0.5, 0.6) is 0 Å². The molecule has 1 unspecified atom stereocenters. The van der Waals surface area contributed by atoms with E-state index < -0.39 is 16.2 Å². The fourth-order valence-corrected chi connectivity index (χ4v) is 3.87. The number of hydrogen-bond acceptors (Lipinski definition) is 2. The maximum absolute atomic E-state index is 12.8. The zero-order valence-corrected chi connectivity index (χ0v) is 13.5. The van der Waals surface area contributed by atoms with Crippen molar-refractivity contribution < 1.29 is 9.00 Å². The Balaban J connectivity index is 2.21. The van der Waals surface area contributed by atoms with Crippen LogP contribution in [0.2, 0.25) is 0 Å². The van der Waals surface area contributed by atoms with Gasteiger partial charge in [-0.2, -0.15) is 0 Å². The van der Waals surface area contributed by atoms with Crippen LogP contribution in [0.15, 0.2) is 30.3 Å². The summed E-state index contributed by atoms with van der Waals surface area (Å²) in [6.07, 6.45) is 0. The SMILES string of the molecule is CC(C)(C(=O)N1CCS(=O)C(C)(C)C1)c1ccccc1. The van der Waals surface area contributed by atoms with Crippen LogP contribution in [0, 0.1) is 0 Å². The molecular formula is C16H23NO2S. The van der Waals surface area contributed by atoms with Crippen molar-refractivity contribution in [2.45, 2.75) is 37.9 Å². The van der Waals surface area contributed by atoms with E-state index in [0.29, 0.717) is 18.8 Å². The molecule has 0 spiro atoms. The third-order valence-corrected chi connectivity index (χ3v) is 5.97. The van der Waals surface area contributed by atoms with Crippen LogP contribution in [0.1, 0.15) is 33.3 Å². The zero-order chi connectivity index (χ0) is 15.0. The summed E-state index contributed by atoms with van der Waals surface area (Å²) in [5.41, 5.74) is 0.477. The summed E-state index contributed by atoms with van der Waals surface area (Å²) >= 11 is 0. The van der Waals surface area contributed by atoms with E-state index >= 15 is 0 Å². The maximum Gasteiger partial charge on any atom is 0.232 e. The van der Waals surface area contributed by atoms with E-state index in [1.54, 1.807) is 0 Å². The Bertz CT molecular complexity index is 523. The molecule has 0 bridgehead atoms. The van der Waals surface area contributed by atoms with E-state index in [1.807, 2.05) is 62.9 Å². The van der Waals surface area contributed by atoms with E-state index in [0.717, 1.165) is 5.56 Å². The highest BCUT2D eigenvalue weighted by molar-refractivity contribution is 7.86. The molecule has 4 heteroatoms. The van der Waals surface area contributed by atoms with E-state index in [9.17, 15) is 9.00 Å². The molecule has 0 aromatic heterocycles. The van der Waals surface area contributed by atoms with Crippen molar-refractivity contribution in [3.05, 3.63) is 35.9 Å². The largest absolute Gasteiger partial charge is 0.340 e. The van der Waals surface area contributed by atoms with Crippen LogP contribution >= 0.6 is 0 Å². The molecule has 20 heavy (non-hydrogen) atoms. The molecule has 1 aromatic carbocycles. The molecule has 1 aliphatic rings. The van der Waals surface area contributed by atoms with Crippen molar-refractivity contribution in [3.63, 3.8) is 0 Å². The molecule has 1 fully saturated rings. The summed E-state index contributed by atoms with van der Waals surface area (Å²) in [4.78, 5) is 14.7. The van der Waals surface area contributed by atoms with Gasteiger partial charge in [-0.25, -0.2) is 0 Å². The van der Waals surface area contributed by atoms with Crippen LogP contribution in [0.3, 0.4) is 0 Å². The van der Waals surface area contributed by atoms with Gasteiger partial charge in [-0.3, -0.25) is 9.00 Å². The number of benzene rings is 1. The monoisotopic (exact) mass is 293 g/mol. The van der Waals surface area contributed by atoms with Crippen molar-refractivity contribution in [3.8, 4) is 0 Å². The highest BCUT2D eigenvalue weighted by atomic mass is 32.2. The van der Waals surface area contributed by atoms with Gasteiger partial charge < -0.3 is 4.90 Å². The zero-order valence-electron chi connectivity index (χ0n) is 12.7. The quantitative estimate of drug-likeness (QED) is 0.839. The van der Waals surface area contributed by atoms with E-state index in [1.165, 1.54) is 0 Å². The molecule has 1 amide bonds. The maximum atomic E-state index is 12.8. The second-order valence-electron chi connectivity index (χ2n) is 6.53. The first-order valence-corrected chi connectivity index (χ1v) is 8.30. The molecule has 0 saturated carbocycles. The van der Waals surface area contributed by atoms with Crippen LogP contribution in [0.25, 0.3) is 0 Å². The lowest BCUT2D eigenvalue weighted by atomic mass is 9.83. The van der Waals surface area contributed by atoms with Gasteiger partial charge in [0, 0.05) is 29.6 Å². The van der Waals surface area contributed by atoms with Gasteiger partial charge in [0.05, 0.1) is 10.2 Å². The van der Waals surface area contributed by atoms with Gasteiger partial charge in [0.25, 0.3) is 0 Å². The van der Waals surface area contributed by atoms with Crippen LogP contribution < -0.4 is 0 Å². The van der Waals surface area contributed by atoms with Gasteiger partial charge in [-0.05, 0) is 33.3 Å². The molecular weight excluding hydrogens is 270 g/mol. The molecule has 0 radical (unpaired) electrons. The summed E-state index contributed by atoms with van der Waals surface area (Å²) in [5.74, 6) is 0.692. The number of rotatable bonds is 2. The molecule has 110 valence electrons. The predicted octanol–water partition coefficient (Wildman–Crippen LogP) is 2.33. The minimum atomic E-state index is -0.853. The first kappa shape index (κ1) is 15.2. The van der Waals surface area contributed by atoms with Gasteiger partial charge in [0.2, 0.25) is 5.91 Å². The normalized spacial score (nSPS) is 22.6. The van der Waals surface area contributed by atoms with Crippen molar-refractivity contribution in [1.82, 2.24) is 4.90 Å². The topological polar surface area (TPSA) is 37.4 Å². The average molecular weight is 293 g/mol. The number of hydrogen-bond donors (Lipinski definition) is 0. The summed E-state index contributed by atoms with van der Waals surface area (Å²) < 4.78 is 11.7. The highest BCUT2D eigenvalue weighted by Gasteiger charge is 2.40. The fourth-order valence-electron chi connectivity index (χ4n) is 2.63. The molecule has 0 N–H and O–H groups in total. The van der Waals surface area contributed by atoms with Crippen LogP contribution in [0.4, 0.5) is 0 Å². The van der Waals surface area contributed by atoms with Crippen molar-refractivity contribution >= 4 is 16.7 Å². The first-order valence-electron chi connectivity index (χ1n) is 6.98. The van der Waals surface area contributed by atoms with E-state index in [4.69, 9.17) is 0 Å². The molecule has 1 heterocycles. The minimum absolute atomic E-state index is 0.119. The van der Waals surface area contributed by atoms with Gasteiger partial charge in [0.1, 0.15) is 0 Å². The third-order valence-electron chi connectivity index (χ3n) is 4.05. The smallest absolute Gasteiger partial charge is 0.232 e. The molecule has 2 rings (SSSR count). The number of nitrogens with zero attached hydrogens (tertiary/aromatic N) is 1. The van der Waals surface area contributed by atoms with Crippen molar-refractivity contribution in [1.29, 1.82) is 0 Å². The second-order valence-corrected chi connectivity index (χ2v) is 8.73. The average Bonchev–Trinajstić information content (AvgIpc) is 2.42. The van der Waals surface area contributed by atoms with Crippen LogP contribution in [-0.2, 0) is 21.0 Å². The summed E-state index contributed by atoms with van der Waals surface area (Å²) in [6, 6.07) is 9.85. The molecule has 1 aromatic rings. The van der Waals surface area contributed by atoms with Crippen molar-refractivity contribution in [2.75, 3.05) is 18.8 Å². The van der Waals surface area contributed by atoms with Gasteiger partial charge >= 0.3 is 0 Å². The number of carbonyl (C=O) groups is 1. The second kappa shape index (κ2) is 5.32. The van der Waals surface area contributed by atoms with Crippen LogP contribution in [-0.4, -0.2) is 38.6 Å². The molecule has 3 nitrogen and oxygen atoms in total. The van der Waals surface area contributed by atoms with Crippen molar-refractivity contribution in [2.24, 2.45) is 0 Å². The third kappa shape index (κ3) is 2.80. The number of amides is 1. The fraction of sp³-hybridized carbons (Fsp3) is 0.562. The lowest BCUT2D eigenvalue weighted by Gasteiger charge is -2.40. The Morgan fingerprint density at radius 3 is 2.40 bits per heavy atom. The Morgan fingerprint density at radius 2 is 1.85 bits per heavy atom. The summed E-state index contributed by atoms with van der Waals surface area (Å²) in [5, 5.41) is 0. The summed E-state index contributed by atoms with van der Waals surface area (Å²) in [6.45, 7) is 9.02. The molecule has 1 saturated heterocycles. The van der Waals surface area contributed by atoms with Gasteiger partial charge in [0.15, 0.2) is 0 Å². The Labute approximate surface area is 123 Å². The Hall–Kier alpha value is -1.16. The molecule has 1 aliphatic heterocycles. The van der Waals surface area contributed by atoms with E-state index in [-0.39, 0.29) is 10.7 Å². The summed E-state index contributed by atoms with van der Waals surface area (Å²) in [7, 11) is -0.853. The lowest BCUT2D eigenvalue weighted by molar-refractivity contribution is -0.136. The standard InChI is InChI=1S/C16H23NO2S/c1-15(2)12-17(10-11-20(15)19)14(18)16(3,4)13-8-6-5-7-9-13/h5-9H,10-12H2,1-4H3. The molecule has 0 aliphatic carbocycles. The first-order chi connectivity index (χ1) is 9.25. The van der Waals surface area contributed by atoms with E-state index in [2.05, 4.69) is 0 Å². The lowest BCUT2D eigenvalue weighted by Crippen LogP contribution is -2.55. The minimum Gasteiger partial charge on any atom is -0.340 e. The van der Waals surface area contributed by atoms with Gasteiger partial charge in [-0.1, -0.05) is 30.3 Å². The van der Waals surface area contributed by atoms with Gasteiger partial charge in [-0.15, -0.1) is 0 Å². The molecule has 1 atom stereocenters. The number of carbonyl (C=O) groups excluding carboxylic acids is 1. The predicted molar refractivity (Wildman–Crippen MR) is 83.1 cm³/mol.